The fourth-order valence-electron chi connectivity index (χ4n) is 9.10. The van der Waals surface area contributed by atoms with E-state index in [1.54, 1.807) is 0 Å². The van der Waals surface area contributed by atoms with E-state index in [0.29, 0.717) is 0 Å². The Labute approximate surface area is 331 Å². The van der Waals surface area contributed by atoms with E-state index in [0.717, 1.165) is 77.5 Å². The molecule has 270 valence electrons. The van der Waals surface area contributed by atoms with Gasteiger partial charge in [-0.3, -0.25) is 9.80 Å². The molecule has 1 aliphatic rings. The third-order valence-corrected chi connectivity index (χ3v) is 11.8. The van der Waals surface area contributed by atoms with E-state index in [4.69, 9.17) is 9.97 Å². The lowest BCUT2D eigenvalue weighted by Crippen LogP contribution is -2.17. The van der Waals surface area contributed by atoms with Crippen LogP contribution in [0, 0.1) is 0 Å². The molecule has 2 aromatic heterocycles. The van der Waals surface area contributed by atoms with E-state index in [-0.39, 0.29) is 5.41 Å². The summed E-state index contributed by atoms with van der Waals surface area (Å²) in [7, 11) is 0. The van der Waals surface area contributed by atoms with Gasteiger partial charge in [0.25, 0.3) is 0 Å². The van der Waals surface area contributed by atoms with Crippen LogP contribution in [0.1, 0.15) is 25.0 Å². The van der Waals surface area contributed by atoms with E-state index < -0.39 is 0 Å². The number of pyridine rings is 2. The fraction of sp³-hybridized carbons (Fsp3) is 0.0566. The largest absolute Gasteiger partial charge is 0.294 e. The van der Waals surface area contributed by atoms with Crippen molar-refractivity contribution in [3.05, 3.63) is 206 Å². The monoisotopic (exact) mass is 730 g/mol. The molecule has 8 aromatic carbocycles. The highest BCUT2D eigenvalue weighted by molar-refractivity contribution is 6.24. The minimum absolute atomic E-state index is 0.207. The van der Waals surface area contributed by atoms with Crippen molar-refractivity contribution < 1.29 is 0 Å². The number of hydrogen-bond donors (Lipinski definition) is 0. The highest BCUT2D eigenvalue weighted by atomic mass is 15.2. The van der Waals surface area contributed by atoms with E-state index in [1.165, 1.54) is 22.3 Å². The number of nitrogens with zero attached hydrogens (tertiary/aromatic N) is 4. The zero-order chi connectivity index (χ0) is 38.1. The smallest absolute Gasteiger partial charge is 0.138 e. The van der Waals surface area contributed by atoms with Crippen LogP contribution in [0.15, 0.2) is 194 Å². The van der Waals surface area contributed by atoms with Crippen LogP contribution >= 0.6 is 0 Å². The standard InChI is InChI=1S/C53H38N4/c1-53(2)47-28-16-15-25-41(47)44-31-45-46(32-48(44)53)52(57(40-23-7-4-8-24-40)50-30-36-18-10-12-20-38(36)34-55-50)43-27-14-13-26-42(43)51(45)56(39-21-5-3-6-22-39)49-29-35-17-9-11-19-37(35)33-54-49/h3-34H,1-2H3. The lowest BCUT2D eigenvalue weighted by molar-refractivity contribution is 0.661. The van der Waals surface area contributed by atoms with Crippen LogP contribution in [0.2, 0.25) is 0 Å². The van der Waals surface area contributed by atoms with Crippen molar-refractivity contribution in [3.8, 4) is 11.1 Å². The molecular weight excluding hydrogens is 693 g/mol. The minimum Gasteiger partial charge on any atom is -0.294 e. The molecule has 0 N–H and O–H groups in total. The maximum absolute atomic E-state index is 5.19. The lowest BCUT2D eigenvalue weighted by Gasteiger charge is -2.32. The van der Waals surface area contributed by atoms with Gasteiger partial charge >= 0.3 is 0 Å². The molecule has 2 heterocycles. The fourth-order valence-corrected chi connectivity index (χ4v) is 9.10. The maximum Gasteiger partial charge on any atom is 0.138 e. The molecule has 0 unspecified atom stereocenters. The zero-order valence-electron chi connectivity index (χ0n) is 31.8. The number of rotatable bonds is 6. The van der Waals surface area contributed by atoms with Crippen molar-refractivity contribution in [2.75, 3.05) is 9.80 Å². The molecule has 4 heteroatoms. The summed E-state index contributed by atoms with van der Waals surface area (Å²) in [5.41, 5.74) is 9.25. The first-order chi connectivity index (χ1) is 28.0. The van der Waals surface area contributed by atoms with Crippen molar-refractivity contribution in [1.82, 2.24) is 9.97 Å². The maximum atomic E-state index is 5.19. The minimum atomic E-state index is -0.207. The van der Waals surface area contributed by atoms with Crippen molar-refractivity contribution in [3.63, 3.8) is 0 Å². The Morgan fingerprint density at radius 1 is 0.368 bits per heavy atom. The Kier molecular flexibility index (Phi) is 7.48. The normalized spacial score (nSPS) is 12.9. The second-order valence-electron chi connectivity index (χ2n) is 15.5. The number of fused-ring (bicyclic) bond motifs is 7. The van der Waals surface area contributed by atoms with Crippen molar-refractivity contribution in [2.24, 2.45) is 0 Å². The summed E-state index contributed by atoms with van der Waals surface area (Å²) in [4.78, 5) is 15.1. The van der Waals surface area contributed by atoms with Gasteiger partial charge in [0.15, 0.2) is 0 Å². The van der Waals surface area contributed by atoms with Crippen LogP contribution < -0.4 is 9.80 Å². The van der Waals surface area contributed by atoms with Crippen LogP contribution in [0.5, 0.6) is 0 Å². The molecule has 0 radical (unpaired) electrons. The lowest BCUT2D eigenvalue weighted by atomic mass is 9.81. The Morgan fingerprint density at radius 3 is 1.35 bits per heavy atom. The predicted octanol–water partition coefficient (Wildman–Crippen LogP) is 14.3. The summed E-state index contributed by atoms with van der Waals surface area (Å²) in [5.74, 6) is 1.72. The number of para-hydroxylation sites is 2. The summed E-state index contributed by atoms with van der Waals surface area (Å²) in [6.07, 6.45) is 4.00. The average molecular weight is 731 g/mol. The van der Waals surface area contributed by atoms with Crippen LogP contribution in [-0.4, -0.2) is 9.97 Å². The summed E-state index contributed by atoms with van der Waals surface area (Å²) in [5, 5.41) is 9.02. The molecule has 0 saturated heterocycles. The highest BCUT2D eigenvalue weighted by Crippen LogP contribution is 2.56. The first-order valence-electron chi connectivity index (χ1n) is 19.6. The van der Waals surface area contributed by atoms with Gasteiger partial charge in [0.1, 0.15) is 11.6 Å². The van der Waals surface area contributed by atoms with Crippen molar-refractivity contribution in [2.45, 2.75) is 19.3 Å². The van der Waals surface area contributed by atoms with Crippen LogP contribution in [0.25, 0.3) is 54.2 Å². The predicted molar refractivity (Wildman–Crippen MR) is 239 cm³/mol. The number of anilines is 6. The van der Waals surface area contributed by atoms with E-state index in [2.05, 4.69) is 206 Å². The molecular formula is C53H38N4. The van der Waals surface area contributed by atoms with Crippen molar-refractivity contribution in [1.29, 1.82) is 0 Å². The molecule has 0 aliphatic heterocycles. The molecule has 4 nitrogen and oxygen atoms in total. The van der Waals surface area contributed by atoms with Gasteiger partial charge in [-0.05, 0) is 81.6 Å². The summed E-state index contributed by atoms with van der Waals surface area (Å²) >= 11 is 0. The topological polar surface area (TPSA) is 32.3 Å². The zero-order valence-corrected chi connectivity index (χ0v) is 31.8. The first kappa shape index (κ1) is 33.1. The molecule has 0 spiro atoms. The molecule has 0 fully saturated rings. The second kappa shape index (κ2) is 12.9. The molecule has 57 heavy (non-hydrogen) atoms. The van der Waals surface area contributed by atoms with Crippen LogP contribution in [0.4, 0.5) is 34.4 Å². The Hall–Kier alpha value is -7.30. The Balaban J connectivity index is 1.32. The van der Waals surface area contributed by atoms with E-state index in [9.17, 15) is 0 Å². The van der Waals surface area contributed by atoms with Crippen molar-refractivity contribution >= 4 is 77.5 Å². The summed E-state index contributed by atoms with van der Waals surface area (Å²) in [6.45, 7) is 4.72. The Bertz CT molecular complexity index is 3170. The molecule has 0 amide bonds. The molecule has 10 aromatic rings. The summed E-state index contributed by atoms with van der Waals surface area (Å²) in [6, 6.07) is 65.4. The van der Waals surface area contributed by atoms with Crippen LogP contribution in [0.3, 0.4) is 0 Å². The average Bonchev–Trinajstić information content (AvgIpc) is 3.49. The molecule has 0 saturated carbocycles. The van der Waals surface area contributed by atoms with Gasteiger partial charge < -0.3 is 0 Å². The van der Waals surface area contributed by atoms with Gasteiger partial charge in [-0.2, -0.15) is 0 Å². The van der Waals surface area contributed by atoms with E-state index >= 15 is 0 Å². The van der Waals surface area contributed by atoms with Gasteiger partial charge in [-0.1, -0.05) is 147 Å². The molecule has 1 aliphatic carbocycles. The summed E-state index contributed by atoms with van der Waals surface area (Å²) < 4.78 is 0. The second-order valence-corrected chi connectivity index (χ2v) is 15.5. The quantitative estimate of drug-likeness (QED) is 0.126. The SMILES string of the molecule is CC1(C)c2ccccc2-c2cc3c(N(c4ccccc4)c4cc5ccccc5cn4)c4ccccc4c(N(c4ccccc4)c4cc5ccccc5cn4)c3cc21. The Morgan fingerprint density at radius 2 is 0.807 bits per heavy atom. The van der Waals surface area contributed by atoms with Gasteiger partial charge in [0, 0.05) is 61.5 Å². The highest BCUT2D eigenvalue weighted by Gasteiger charge is 2.37. The molecule has 0 atom stereocenters. The molecule has 11 rings (SSSR count). The van der Waals surface area contributed by atoms with Crippen LogP contribution in [-0.2, 0) is 5.41 Å². The number of aromatic nitrogens is 2. The van der Waals surface area contributed by atoms with Gasteiger partial charge in [-0.15, -0.1) is 0 Å². The third kappa shape index (κ3) is 5.22. The third-order valence-electron chi connectivity index (χ3n) is 11.8. The molecule has 0 bridgehead atoms. The van der Waals surface area contributed by atoms with E-state index in [1.807, 2.05) is 12.4 Å². The first-order valence-corrected chi connectivity index (χ1v) is 19.6. The van der Waals surface area contributed by atoms with Gasteiger partial charge in [0.05, 0.1) is 11.4 Å². The van der Waals surface area contributed by atoms with Gasteiger partial charge in [-0.25, -0.2) is 9.97 Å². The van der Waals surface area contributed by atoms with Gasteiger partial charge in [0.2, 0.25) is 0 Å². The number of hydrogen-bond acceptors (Lipinski definition) is 4. The number of benzene rings is 8.